The maximum atomic E-state index is 8.35. The van der Waals surface area contributed by atoms with E-state index in [1.807, 2.05) is 0 Å². The summed E-state index contributed by atoms with van der Waals surface area (Å²) in [5.74, 6) is 0. The minimum atomic E-state index is -0.151. The molecule has 0 aromatic heterocycles. The van der Waals surface area contributed by atoms with Crippen LogP contribution in [0.2, 0.25) is 0 Å². The summed E-state index contributed by atoms with van der Waals surface area (Å²) in [5.41, 5.74) is 0. The zero-order chi connectivity index (χ0) is 6.41. The molecule has 0 aliphatic heterocycles. The third-order valence-electron chi connectivity index (χ3n) is 0.751. The predicted octanol–water partition coefficient (Wildman–Crippen LogP) is -0.624. The van der Waals surface area contributed by atoms with Gasteiger partial charge < -0.3 is 14.9 Å². The molecule has 0 radical (unpaired) electrons. The first-order chi connectivity index (χ1) is 3.81. The predicted molar refractivity (Wildman–Crippen MR) is 29.6 cm³/mol. The molecule has 0 unspecified atom stereocenters. The molecule has 3 heteroatoms. The minimum absolute atomic E-state index is 0.0139. The number of hydrogen-bond donors (Lipinski definition) is 2. The molecule has 3 nitrogen and oxygen atoms in total. The molecular formula is C5H12O3. The maximum Gasteiger partial charge on any atom is 0.0778 e. The molecule has 2 N–H and O–H groups in total. The van der Waals surface area contributed by atoms with Crippen molar-refractivity contribution < 1.29 is 14.9 Å². The molecule has 50 valence electrons. The Hall–Kier alpha value is -0.120. The van der Waals surface area contributed by atoms with E-state index < -0.39 is 0 Å². The molecular weight excluding hydrogens is 108 g/mol. The molecule has 0 heterocycles. The normalized spacial score (nSPS) is 13.9. The molecule has 8 heavy (non-hydrogen) atoms. The third-order valence-corrected chi connectivity index (χ3v) is 0.751. The molecule has 0 rings (SSSR count). The van der Waals surface area contributed by atoms with Gasteiger partial charge in [-0.2, -0.15) is 0 Å². The van der Waals surface area contributed by atoms with Gasteiger partial charge in [0, 0.05) is 0 Å². The summed E-state index contributed by atoms with van der Waals surface area (Å²) >= 11 is 0. The zero-order valence-electron chi connectivity index (χ0n) is 5.00. The van der Waals surface area contributed by atoms with Crippen LogP contribution in [0.4, 0.5) is 0 Å². The molecule has 0 bridgehead atoms. The van der Waals surface area contributed by atoms with Crippen molar-refractivity contribution in [1.29, 1.82) is 0 Å². The molecule has 0 amide bonds. The fraction of sp³-hybridized carbons (Fsp3) is 1.00. The van der Waals surface area contributed by atoms with Crippen LogP contribution in [0, 0.1) is 0 Å². The average molecular weight is 120 g/mol. The van der Waals surface area contributed by atoms with Gasteiger partial charge in [0.15, 0.2) is 0 Å². The lowest BCUT2D eigenvalue weighted by molar-refractivity contribution is 0.00729. The van der Waals surface area contributed by atoms with Crippen LogP contribution >= 0.6 is 0 Å². The molecule has 0 aliphatic carbocycles. The van der Waals surface area contributed by atoms with E-state index in [-0.39, 0.29) is 19.3 Å². The summed E-state index contributed by atoms with van der Waals surface area (Å²) in [7, 11) is 0. The van der Waals surface area contributed by atoms with Crippen LogP contribution in [0.15, 0.2) is 0 Å². The van der Waals surface area contributed by atoms with E-state index in [1.165, 1.54) is 0 Å². The molecule has 0 saturated heterocycles. The van der Waals surface area contributed by atoms with Crippen molar-refractivity contribution in [3.05, 3.63) is 0 Å². The Labute approximate surface area is 48.9 Å². The van der Waals surface area contributed by atoms with Crippen molar-refractivity contribution in [2.45, 2.75) is 13.0 Å². The van der Waals surface area contributed by atoms with Gasteiger partial charge in [0.05, 0.1) is 25.9 Å². The third kappa shape index (κ3) is 4.05. The van der Waals surface area contributed by atoms with Crippen LogP contribution in [0.3, 0.4) is 0 Å². The molecule has 0 saturated carbocycles. The zero-order valence-corrected chi connectivity index (χ0v) is 5.00. The smallest absolute Gasteiger partial charge is 0.0778 e. The fourth-order valence-electron chi connectivity index (χ4n) is 0.307. The number of aliphatic hydroxyl groups excluding tert-OH is 2. The molecule has 0 aromatic rings. The maximum absolute atomic E-state index is 8.35. The lowest BCUT2D eigenvalue weighted by atomic mass is 10.4. The van der Waals surface area contributed by atoms with E-state index in [1.54, 1.807) is 6.92 Å². The second-order valence-corrected chi connectivity index (χ2v) is 1.59. The Bertz CT molecular complexity index is 46.9. The van der Waals surface area contributed by atoms with E-state index in [0.29, 0.717) is 6.61 Å². The summed E-state index contributed by atoms with van der Waals surface area (Å²) in [4.78, 5) is 0. The van der Waals surface area contributed by atoms with E-state index in [4.69, 9.17) is 14.9 Å². The van der Waals surface area contributed by atoms with Gasteiger partial charge in [0.2, 0.25) is 0 Å². The van der Waals surface area contributed by atoms with Crippen LogP contribution in [-0.2, 0) is 4.74 Å². The van der Waals surface area contributed by atoms with E-state index in [9.17, 15) is 0 Å². The van der Waals surface area contributed by atoms with Gasteiger partial charge in [0.1, 0.15) is 0 Å². The number of aliphatic hydroxyl groups is 2. The van der Waals surface area contributed by atoms with Gasteiger partial charge >= 0.3 is 0 Å². The first kappa shape index (κ1) is 7.88. The van der Waals surface area contributed by atoms with Gasteiger partial charge in [-0.1, -0.05) is 0 Å². The molecule has 0 spiro atoms. The highest BCUT2D eigenvalue weighted by atomic mass is 16.5. The van der Waals surface area contributed by atoms with Crippen molar-refractivity contribution in [1.82, 2.24) is 0 Å². The monoisotopic (exact) mass is 120 g/mol. The van der Waals surface area contributed by atoms with E-state index in [2.05, 4.69) is 0 Å². The molecule has 1 atom stereocenters. The number of hydrogen-bond acceptors (Lipinski definition) is 3. The first-order valence-corrected chi connectivity index (χ1v) is 2.64. The molecule has 0 fully saturated rings. The van der Waals surface area contributed by atoms with Crippen molar-refractivity contribution >= 4 is 0 Å². The second kappa shape index (κ2) is 5.03. The SMILES string of the molecule is C[C@@H](CO)OCCO. The molecule has 0 aromatic carbocycles. The Kier molecular flexibility index (Phi) is 4.95. The van der Waals surface area contributed by atoms with Crippen molar-refractivity contribution in [2.24, 2.45) is 0 Å². The fourth-order valence-corrected chi connectivity index (χ4v) is 0.307. The van der Waals surface area contributed by atoms with Crippen LogP contribution in [-0.4, -0.2) is 36.1 Å². The highest BCUT2D eigenvalue weighted by Crippen LogP contribution is 1.85. The highest BCUT2D eigenvalue weighted by Gasteiger charge is 1.95. The summed E-state index contributed by atoms with van der Waals surface area (Å²) in [5, 5.41) is 16.6. The first-order valence-electron chi connectivity index (χ1n) is 2.64. The van der Waals surface area contributed by atoms with E-state index >= 15 is 0 Å². The topological polar surface area (TPSA) is 49.7 Å². The standard InChI is InChI=1S/C5H12O3/c1-5(4-7)8-3-2-6/h5-7H,2-4H2,1H3/t5-/m0/s1. The molecule has 0 aliphatic rings. The second-order valence-electron chi connectivity index (χ2n) is 1.59. The minimum Gasteiger partial charge on any atom is -0.394 e. The lowest BCUT2D eigenvalue weighted by Gasteiger charge is -2.06. The summed E-state index contributed by atoms with van der Waals surface area (Å²) in [6.07, 6.45) is -0.151. The van der Waals surface area contributed by atoms with Gasteiger partial charge in [0.25, 0.3) is 0 Å². The van der Waals surface area contributed by atoms with Crippen molar-refractivity contribution in [2.75, 3.05) is 19.8 Å². The van der Waals surface area contributed by atoms with Gasteiger partial charge in [-0.15, -0.1) is 0 Å². The van der Waals surface area contributed by atoms with Crippen LogP contribution in [0.1, 0.15) is 6.92 Å². The Morgan fingerprint density at radius 3 is 2.50 bits per heavy atom. The Morgan fingerprint density at radius 2 is 2.12 bits per heavy atom. The van der Waals surface area contributed by atoms with E-state index in [0.717, 1.165) is 0 Å². The van der Waals surface area contributed by atoms with Crippen LogP contribution in [0.5, 0.6) is 0 Å². The van der Waals surface area contributed by atoms with Crippen molar-refractivity contribution in [3.8, 4) is 0 Å². The lowest BCUT2D eigenvalue weighted by Crippen LogP contribution is -2.14. The van der Waals surface area contributed by atoms with Gasteiger partial charge in [-0.3, -0.25) is 0 Å². The van der Waals surface area contributed by atoms with Gasteiger partial charge in [-0.25, -0.2) is 0 Å². The Morgan fingerprint density at radius 1 is 1.50 bits per heavy atom. The number of ether oxygens (including phenoxy) is 1. The quantitative estimate of drug-likeness (QED) is 0.519. The number of rotatable bonds is 4. The summed E-state index contributed by atoms with van der Waals surface area (Å²) in [6, 6.07) is 0. The Balaban J connectivity index is 2.86. The van der Waals surface area contributed by atoms with Crippen LogP contribution in [0.25, 0.3) is 0 Å². The van der Waals surface area contributed by atoms with Crippen molar-refractivity contribution in [3.63, 3.8) is 0 Å². The van der Waals surface area contributed by atoms with Gasteiger partial charge in [-0.05, 0) is 6.92 Å². The summed E-state index contributed by atoms with van der Waals surface area (Å²) in [6.45, 7) is 2.09. The highest BCUT2D eigenvalue weighted by molar-refractivity contribution is 4.42. The summed E-state index contributed by atoms with van der Waals surface area (Å²) < 4.78 is 4.84. The van der Waals surface area contributed by atoms with Crippen LogP contribution < -0.4 is 0 Å². The largest absolute Gasteiger partial charge is 0.394 e. The average Bonchev–Trinajstić information content (AvgIpc) is 1.83.